The molecule has 0 unspecified atom stereocenters. The summed E-state index contributed by atoms with van der Waals surface area (Å²) in [6.07, 6.45) is 3.12. The third kappa shape index (κ3) is 4.52. The number of ether oxygens (including phenoxy) is 2. The molecule has 0 aliphatic heterocycles. The first-order valence-electron chi connectivity index (χ1n) is 6.70. The number of rotatable bonds is 7. The number of hydrogen-bond acceptors (Lipinski definition) is 3. The van der Waals surface area contributed by atoms with E-state index in [2.05, 4.69) is 6.58 Å². The molecular weight excluding hydrogens is 280 g/mol. The Hall–Kier alpha value is -3.01. The Labute approximate surface area is 128 Å². The van der Waals surface area contributed by atoms with Crippen LogP contribution >= 0.6 is 0 Å². The molecule has 0 radical (unpaired) electrons. The molecule has 0 aliphatic carbocycles. The highest BCUT2D eigenvalue weighted by atomic mass is 16.5. The number of hydrogen-bond donors (Lipinski definition) is 1. The number of carboxylic acid groups (broad SMARTS) is 1. The third-order valence-electron chi connectivity index (χ3n) is 2.73. The van der Waals surface area contributed by atoms with E-state index < -0.39 is 5.97 Å². The first kappa shape index (κ1) is 15.4. The molecule has 2 aromatic rings. The van der Waals surface area contributed by atoms with Crippen molar-refractivity contribution in [2.24, 2.45) is 0 Å². The molecule has 0 amide bonds. The summed E-state index contributed by atoms with van der Waals surface area (Å²) < 4.78 is 10.8. The zero-order chi connectivity index (χ0) is 15.8. The van der Waals surface area contributed by atoms with Gasteiger partial charge in [0, 0.05) is 0 Å². The van der Waals surface area contributed by atoms with Crippen LogP contribution in [0.5, 0.6) is 11.5 Å². The van der Waals surface area contributed by atoms with E-state index in [0.717, 1.165) is 0 Å². The SMILES string of the molecule is C=CCOc1ccc(C=C(Oc2ccccc2)C(=O)O)cc1. The predicted octanol–water partition coefficient (Wildman–Crippen LogP) is 3.76. The van der Waals surface area contributed by atoms with Gasteiger partial charge in [0.15, 0.2) is 0 Å². The molecule has 0 saturated carbocycles. The summed E-state index contributed by atoms with van der Waals surface area (Å²) in [5.74, 6) is -0.109. The standard InChI is InChI=1S/C18H16O4/c1-2-12-21-15-10-8-14(9-11-15)13-17(18(19)20)22-16-6-4-3-5-7-16/h2-11,13H,1,12H2,(H,19,20). The molecule has 0 atom stereocenters. The Morgan fingerprint density at radius 1 is 1.05 bits per heavy atom. The molecule has 112 valence electrons. The highest BCUT2D eigenvalue weighted by molar-refractivity contribution is 5.90. The second kappa shape index (κ2) is 7.69. The van der Waals surface area contributed by atoms with Gasteiger partial charge < -0.3 is 14.6 Å². The van der Waals surface area contributed by atoms with Crippen LogP contribution in [0.2, 0.25) is 0 Å². The quantitative estimate of drug-likeness (QED) is 0.480. The van der Waals surface area contributed by atoms with Gasteiger partial charge in [-0.05, 0) is 35.9 Å². The Kier molecular flexibility index (Phi) is 5.37. The number of para-hydroxylation sites is 1. The molecule has 2 aromatic carbocycles. The molecular formula is C18H16O4. The van der Waals surface area contributed by atoms with Crippen LogP contribution in [0.4, 0.5) is 0 Å². The Bertz CT molecular complexity index is 657. The first-order valence-corrected chi connectivity index (χ1v) is 6.70. The van der Waals surface area contributed by atoms with Crippen LogP contribution in [0.1, 0.15) is 5.56 Å². The zero-order valence-corrected chi connectivity index (χ0v) is 11.9. The molecule has 0 fully saturated rings. The molecule has 0 aliphatic rings. The average Bonchev–Trinajstić information content (AvgIpc) is 2.54. The normalized spacial score (nSPS) is 10.8. The highest BCUT2D eigenvalue weighted by Crippen LogP contribution is 2.18. The fourth-order valence-corrected chi connectivity index (χ4v) is 1.72. The van der Waals surface area contributed by atoms with Crippen molar-refractivity contribution in [2.45, 2.75) is 0 Å². The first-order chi connectivity index (χ1) is 10.7. The second-order valence-corrected chi connectivity index (χ2v) is 4.40. The topological polar surface area (TPSA) is 55.8 Å². The maximum absolute atomic E-state index is 11.3. The van der Waals surface area contributed by atoms with E-state index in [1.807, 2.05) is 6.07 Å². The van der Waals surface area contributed by atoms with Gasteiger partial charge in [-0.3, -0.25) is 0 Å². The van der Waals surface area contributed by atoms with Gasteiger partial charge in [-0.2, -0.15) is 0 Å². The largest absolute Gasteiger partial charge is 0.490 e. The lowest BCUT2D eigenvalue weighted by atomic mass is 10.2. The Morgan fingerprint density at radius 2 is 1.73 bits per heavy atom. The van der Waals surface area contributed by atoms with Crippen LogP contribution in [0, 0.1) is 0 Å². The van der Waals surface area contributed by atoms with Crippen LogP contribution in [0.3, 0.4) is 0 Å². The van der Waals surface area contributed by atoms with E-state index in [1.54, 1.807) is 54.6 Å². The summed E-state index contributed by atoms with van der Waals surface area (Å²) in [5.41, 5.74) is 0.708. The van der Waals surface area contributed by atoms with E-state index in [1.165, 1.54) is 6.08 Å². The minimum Gasteiger partial charge on any atom is -0.490 e. The van der Waals surface area contributed by atoms with Gasteiger partial charge in [-0.1, -0.05) is 43.0 Å². The van der Waals surface area contributed by atoms with Gasteiger partial charge in [-0.25, -0.2) is 4.79 Å². The number of benzene rings is 2. The fraction of sp³-hybridized carbons (Fsp3) is 0.0556. The predicted molar refractivity (Wildman–Crippen MR) is 84.8 cm³/mol. The van der Waals surface area contributed by atoms with Gasteiger partial charge in [0.1, 0.15) is 18.1 Å². The van der Waals surface area contributed by atoms with Crippen molar-refractivity contribution < 1.29 is 19.4 Å². The molecule has 0 aromatic heterocycles. The molecule has 4 nitrogen and oxygen atoms in total. The minimum absolute atomic E-state index is 0.147. The molecule has 0 heterocycles. The Morgan fingerprint density at radius 3 is 2.32 bits per heavy atom. The van der Waals surface area contributed by atoms with Crippen molar-refractivity contribution in [3.8, 4) is 11.5 Å². The van der Waals surface area contributed by atoms with E-state index in [0.29, 0.717) is 23.7 Å². The lowest BCUT2D eigenvalue weighted by Gasteiger charge is -2.07. The maximum atomic E-state index is 11.3. The minimum atomic E-state index is -1.13. The van der Waals surface area contributed by atoms with Crippen LogP contribution in [0.25, 0.3) is 6.08 Å². The van der Waals surface area contributed by atoms with Crippen molar-refractivity contribution in [1.29, 1.82) is 0 Å². The summed E-state index contributed by atoms with van der Waals surface area (Å²) >= 11 is 0. The van der Waals surface area contributed by atoms with Crippen LogP contribution in [0.15, 0.2) is 73.0 Å². The summed E-state index contributed by atoms with van der Waals surface area (Å²) in [7, 11) is 0. The van der Waals surface area contributed by atoms with Crippen molar-refractivity contribution >= 4 is 12.0 Å². The molecule has 2 rings (SSSR count). The average molecular weight is 296 g/mol. The molecule has 4 heteroatoms. The van der Waals surface area contributed by atoms with Gasteiger partial charge in [0.25, 0.3) is 0 Å². The van der Waals surface area contributed by atoms with Crippen LogP contribution < -0.4 is 9.47 Å². The fourth-order valence-electron chi connectivity index (χ4n) is 1.72. The van der Waals surface area contributed by atoms with Crippen molar-refractivity contribution in [1.82, 2.24) is 0 Å². The van der Waals surface area contributed by atoms with Gasteiger partial charge in [0.05, 0.1) is 0 Å². The molecule has 0 spiro atoms. The van der Waals surface area contributed by atoms with Crippen molar-refractivity contribution in [2.75, 3.05) is 6.61 Å². The van der Waals surface area contributed by atoms with E-state index in [4.69, 9.17) is 9.47 Å². The zero-order valence-electron chi connectivity index (χ0n) is 11.9. The summed E-state index contributed by atoms with van der Waals surface area (Å²) in [4.78, 5) is 11.3. The van der Waals surface area contributed by atoms with Gasteiger partial charge >= 0.3 is 5.97 Å². The second-order valence-electron chi connectivity index (χ2n) is 4.40. The third-order valence-corrected chi connectivity index (χ3v) is 2.73. The number of aliphatic carboxylic acids is 1. The number of carbonyl (C=O) groups is 1. The lowest BCUT2D eigenvalue weighted by Crippen LogP contribution is -2.07. The summed E-state index contributed by atoms with van der Waals surface area (Å²) in [5, 5.41) is 9.24. The van der Waals surface area contributed by atoms with Gasteiger partial charge in [0.2, 0.25) is 5.76 Å². The summed E-state index contributed by atoms with van der Waals surface area (Å²) in [6.45, 7) is 4.00. The van der Waals surface area contributed by atoms with E-state index in [9.17, 15) is 9.90 Å². The van der Waals surface area contributed by atoms with Crippen molar-refractivity contribution in [3.63, 3.8) is 0 Å². The van der Waals surface area contributed by atoms with Crippen LogP contribution in [-0.4, -0.2) is 17.7 Å². The molecule has 0 saturated heterocycles. The van der Waals surface area contributed by atoms with E-state index >= 15 is 0 Å². The lowest BCUT2D eigenvalue weighted by molar-refractivity contribution is -0.134. The molecule has 22 heavy (non-hydrogen) atoms. The highest BCUT2D eigenvalue weighted by Gasteiger charge is 2.10. The number of carboxylic acids is 1. The smallest absolute Gasteiger partial charge is 0.371 e. The Balaban J connectivity index is 2.15. The molecule has 1 N–H and O–H groups in total. The van der Waals surface area contributed by atoms with Gasteiger partial charge in [-0.15, -0.1) is 0 Å². The van der Waals surface area contributed by atoms with Crippen molar-refractivity contribution in [3.05, 3.63) is 78.6 Å². The summed E-state index contributed by atoms with van der Waals surface area (Å²) in [6, 6.07) is 15.8. The van der Waals surface area contributed by atoms with E-state index in [-0.39, 0.29) is 5.76 Å². The monoisotopic (exact) mass is 296 g/mol. The molecule has 0 bridgehead atoms. The maximum Gasteiger partial charge on any atom is 0.371 e. The van der Waals surface area contributed by atoms with Crippen LogP contribution in [-0.2, 0) is 4.79 Å².